The molecule has 0 spiro atoms. The zero-order valence-electron chi connectivity index (χ0n) is 11.0. The van der Waals surface area contributed by atoms with E-state index in [-0.39, 0.29) is 0 Å². The van der Waals surface area contributed by atoms with Crippen LogP contribution in [0.2, 0.25) is 0 Å². The van der Waals surface area contributed by atoms with Crippen LogP contribution in [0.4, 0.5) is 0 Å². The summed E-state index contributed by atoms with van der Waals surface area (Å²) in [6.07, 6.45) is 1.15. The van der Waals surface area contributed by atoms with E-state index in [9.17, 15) is 0 Å². The Labute approximate surface area is 100 Å². The standard InChI is InChI=1S/C13H26P2/c1-7-9(4)13(15)11(6)10(5)12(14)8(2)3/h10-11H,7,14-15H2,1-6H3/b13-9-. The lowest BCUT2D eigenvalue weighted by Crippen LogP contribution is -2.10. The summed E-state index contributed by atoms with van der Waals surface area (Å²) in [5, 5.41) is 2.93. The molecule has 0 heterocycles. The zero-order chi connectivity index (χ0) is 12.2. The molecule has 0 aliphatic heterocycles. The van der Waals surface area contributed by atoms with Crippen molar-refractivity contribution in [1.82, 2.24) is 0 Å². The first-order valence-electron chi connectivity index (χ1n) is 5.70. The van der Waals surface area contributed by atoms with Crippen LogP contribution in [0.3, 0.4) is 0 Å². The van der Waals surface area contributed by atoms with E-state index < -0.39 is 0 Å². The average Bonchev–Trinajstić information content (AvgIpc) is 2.23. The van der Waals surface area contributed by atoms with Gasteiger partial charge in [0, 0.05) is 0 Å². The van der Waals surface area contributed by atoms with Crippen LogP contribution in [0.1, 0.15) is 48.0 Å². The van der Waals surface area contributed by atoms with Gasteiger partial charge in [-0.25, -0.2) is 0 Å². The van der Waals surface area contributed by atoms with E-state index in [4.69, 9.17) is 0 Å². The molecule has 0 aromatic heterocycles. The fourth-order valence-corrected chi connectivity index (χ4v) is 2.37. The van der Waals surface area contributed by atoms with Crippen LogP contribution < -0.4 is 0 Å². The molecule has 0 aliphatic carbocycles. The third kappa shape index (κ3) is 4.38. The Kier molecular flexibility index (Phi) is 6.98. The molecular formula is C13H26P2. The van der Waals surface area contributed by atoms with E-state index in [1.54, 1.807) is 0 Å². The molecule has 0 radical (unpaired) electrons. The van der Waals surface area contributed by atoms with Gasteiger partial charge in [0.25, 0.3) is 0 Å². The van der Waals surface area contributed by atoms with Crippen LogP contribution in [-0.4, -0.2) is 0 Å². The van der Waals surface area contributed by atoms with E-state index in [2.05, 4.69) is 60.0 Å². The molecule has 0 aromatic rings. The summed E-state index contributed by atoms with van der Waals surface area (Å²) in [6.45, 7) is 13.5. The molecule has 0 rings (SSSR count). The van der Waals surface area contributed by atoms with Gasteiger partial charge in [-0.2, -0.15) is 0 Å². The molecule has 4 atom stereocenters. The zero-order valence-corrected chi connectivity index (χ0v) is 13.3. The van der Waals surface area contributed by atoms with Crippen LogP contribution in [0.25, 0.3) is 0 Å². The highest BCUT2D eigenvalue weighted by atomic mass is 31.0. The maximum atomic E-state index is 2.93. The lowest BCUT2D eigenvalue weighted by Gasteiger charge is -2.24. The summed E-state index contributed by atoms with van der Waals surface area (Å²) in [7, 11) is 5.82. The minimum absolute atomic E-state index is 0.606. The van der Waals surface area contributed by atoms with Crippen LogP contribution in [-0.2, 0) is 0 Å². The van der Waals surface area contributed by atoms with Gasteiger partial charge in [-0.05, 0) is 44.3 Å². The van der Waals surface area contributed by atoms with Crippen LogP contribution in [0.15, 0.2) is 21.8 Å². The predicted octanol–water partition coefficient (Wildman–Crippen LogP) is 4.99. The second kappa shape index (κ2) is 6.82. The third-order valence-corrected chi connectivity index (χ3v) is 5.45. The van der Waals surface area contributed by atoms with Crippen molar-refractivity contribution in [3.8, 4) is 0 Å². The van der Waals surface area contributed by atoms with E-state index in [1.165, 1.54) is 21.8 Å². The summed E-state index contributed by atoms with van der Waals surface area (Å²) in [5.74, 6) is 1.21. The largest absolute Gasteiger partial charge is 0.110 e. The molecule has 0 saturated heterocycles. The highest BCUT2D eigenvalue weighted by molar-refractivity contribution is 7.23. The van der Waals surface area contributed by atoms with Gasteiger partial charge in [-0.15, -0.1) is 18.5 Å². The van der Waals surface area contributed by atoms with Gasteiger partial charge in [0.05, 0.1) is 0 Å². The van der Waals surface area contributed by atoms with Crippen LogP contribution in [0.5, 0.6) is 0 Å². The highest BCUT2D eigenvalue weighted by Crippen LogP contribution is 2.36. The Morgan fingerprint density at radius 1 is 0.933 bits per heavy atom. The topological polar surface area (TPSA) is 0 Å². The number of allylic oxidation sites excluding steroid dienone is 4. The number of hydrogen-bond acceptors (Lipinski definition) is 0. The molecule has 15 heavy (non-hydrogen) atoms. The van der Waals surface area contributed by atoms with E-state index in [0.717, 1.165) is 6.42 Å². The fourth-order valence-electron chi connectivity index (χ4n) is 1.59. The Morgan fingerprint density at radius 2 is 1.33 bits per heavy atom. The van der Waals surface area contributed by atoms with Crippen molar-refractivity contribution in [2.45, 2.75) is 48.0 Å². The Balaban J connectivity index is 4.89. The second-order valence-electron chi connectivity index (χ2n) is 4.62. The normalized spacial score (nSPS) is 16.8. The minimum Gasteiger partial charge on any atom is -0.110 e. The fraction of sp³-hybridized carbons (Fsp3) is 0.692. The van der Waals surface area contributed by atoms with Crippen LogP contribution >= 0.6 is 18.5 Å². The minimum atomic E-state index is 0.606. The first-order valence-corrected chi connectivity index (χ1v) is 6.86. The van der Waals surface area contributed by atoms with Crippen molar-refractivity contribution in [3.05, 3.63) is 21.8 Å². The number of hydrogen-bond donors (Lipinski definition) is 0. The molecular weight excluding hydrogens is 218 g/mol. The summed E-state index contributed by atoms with van der Waals surface area (Å²) in [6, 6.07) is 0. The van der Waals surface area contributed by atoms with Crippen molar-refractivity contribution in [3.63, 3.8) is 0 Å². The first kappa shape index (κ1) is 15.3. The van der Waals surface area contributed by atoms with Crippen molar-refractivity contribution >= 4 is 18.5 Å². The monoisotopic (exact) mass is 244 g/mol. The summed E-state index contributed by atoms with van der Waals surface area (Å²) < 4.78 is 0. The molecule has 88 valence electrons. The second-order valence-corrected chi connectivity index (χ2v) is 5.87. The lowest BCUT2D eigenvalue weighted by molar-refractivity contribution is 0.535. The summed E-state index contributed by atoms with van der Waals surface area (Å²) in [5.41, 5.74) is 2.93. The Hall–Kier alpha value is 0.340. The average molecular weight is 244 g/mol. The van der Waals surface area contributed by atoms with Crippen molar-refractivity contribution in [2.75, 3.05) is 0 Å². The summed E-state index contributed by atoms with van der Waals surface area (Å²) >= 11 is 0. The summed E-state index contributed by atoms with van der Waals surface area (Å²) in [4.78, 5) is 0. The SMILES string of the molecule is CC/C(C)=C(\P)C(C)C(C)C(P)=C(C)C. The molecule has 0 fully saturated rings. The Morgan fingerprint density at radius 3 is 1.67 bits per heavy atom. The van der Waals surface area contributed by atoms with Crippen molar-refractivity contribution in [2.24, 2.45) is 11.8 Å². The van der Waals surface area contributed by atoms with Gasteiger partial charge >= 0.3 is 0 Å². The van der Waals surface area contributed by atoms with Gasteiger partial charge in [-0.1, -0.05) is 37.2 Å². The van der Waals surface area contributed by atoms with Gasteiger partial charge in [0.2, 0.25) is 0 Å². The molecule has 0 saturated carbocycles. The first-order chi connectivity index (χ1) is 6.82. The number of rotatable bonds is 4. The van der Waals surface area contributed by atoms with Crippen LogP contribution in [0, 0.1) is 11.8 Å². The van der Waals surface area contributed by atoms with E-state index in [0.29, 0.717) is 11.8 Å². The Bertz CT molecular complexity index is 270. The lowest BCUT2D eigenvalue weighted by atomic mass is 9.91. The molecule has 0 bridgehead atoms. The van der Waals surface area contributed by atoms with E-state index >= 15 is 0 Å². The molecule has 0 aromatic carbocycles. The maximum absolute atomic E-state index is 2.93. The van der Waals surface area contributed by atoms with E-state index in [1.807, 2.05) is 0 Å². The molecule has 0 amide bonds. The quantitative estimate of drug-likeness (QED) is 0.611. The molecule has 0 aliphatic rings. The molecule has 4 unspecified atom stereocenters. The predicted molar refractivity (Wildman–Crippen MR) is 79.1 cm³/mol. The highest BCUT2D eigenvalue weighted by Gasteiger charge is 2.17. The van der Waals surface area contributed by atoms with Crippen molar-refractivity contribution in [1.29, 1.82) is 0 Å². The van der Waals surface area contributed by atoms with Gasteiger partial charge in [-0.3, -0.25) is 0 Å². The smallest absolute Gasteiger partial charge is 0.0125 e. The van der Waals surface area contributed by atoms with Gasteiger partial charge < -0.3 is 0 Å². The maximum Gasteiger partial charge on any atom is -0.0125 e. The van der Waals surface area contributed by atoms with Gasteiger partial charge in [0.1, 0.15) is 0 Å². The molecule has 0 N–H and O–H groups in total. The van der Waals surface area contributed by atoms with Crippen molar-refractivity contribution < 1.29 is 0 Å². The third-order valence-electron chi connectivity index (χ3n) is 3.33. The molecule has 0 nitrogen and oxygen atoms in total. The molecule has 2 heteroatoms. The van der Waals surface area contributed by atoms with Gasteiger partial charge in [0.15, 0.2) is 0 Å².